The molecule has 0 fully saturated rings. The number of hydrogen-bond acceptors (Lipinski definition) is 4. The normalized spacial score (nSPS) is 18.5. The lowest BCUT2D eigenvalue weighted by molar-refractivity contribution is -0.167. The molecule has 0 radical (unpaired) electrons. The van der Waals surface area contributed by atoms with Gasteiger partial charge in [0, 0.05) is 24.4 Å². The second-order valence-electron chi connectivity index (χ2n) is 9.74. The first-order chi connectivity index (χ1) is 16.9. The van der Waals surface area contributed by atoms with Gasteiger partial charge in [-0.25, -0.2) is 4.39 Å². The van der Waals surface area contributed by atoms with Crippen LogP contribution in [0.3, 0.4) is 0 Å². The van der Waals surface area contributed by atoms with Crippen molar-refractivity contribution in [2.24, 2.45) is 0 Å². The minimum absolute atomic E-state index is 0.254. The van der Waals surface area contributed by atoms with E-state index in [1.165, 1.54) is 23.3 Å². The third-order valence-electron chi connectivity index (χ3n) is 6.53. The van der Waals surface area contributed by atoms with Gasteiger partial charge >= 0.3 is 0 Å². The van der Waals surface area contributed by atoms with Gasteiger partial charge in [0.1, 0.15) is 29.4 Å². The quantitative estimate of drug-likeness (QED) is 0.310. The molecule has 4 nitrogen and oxygen atoms in total. The average molecular weight is 478 g/mol. The summed E-state index contributed by atoms with van der Waals surface area (Å²) in [6.45, 7) is 10.1. The number of ether oxygens (including phenoxy) is 3. The van der Waals surface area contributed by atoms with Gasteiger partial charge in [-0.3, -0.25) is 0 Å². The third-order valence-corrected chi connectivity index (χ3v) is 6.53. The van der Waals surface area contributed by atoms with Crippen LogP contribution in [0.5, 0.6) is 5.75 Å². The number of hydrogen-bond donors (Lipinski definition) is 1. The monoisotopic (exact) mass is 477 g/mol. The van der Waals surface area contributed by atoms with E-state index < -0.39 is 5.60 Å². The fourth-order valence-corrected chi connectivity index (χ4v) is 4.44. The van der Waals surface area contributed by atoms with Crippen LogP contribution in [0, 0.1) is 12.7 Å². The van der Waals surface area contributed by atoms with E-state index in [2.05, 4.69) is 55.6 Å². The van der Waals surface area contributed by atoms with E-state index in [1.807, 2.05) is 19.9 Å². The molecule has 1 heterocycles. The maximum atomic E-state index is 13.3. The van der Waals surface area contributed by atoms with E-state index in [0.717, 1.165) is 42.0 Å². The second kappa shape index (κ2) is 11.2. The molecule has 0 spiro atoms. The Labute approximate surface area is 208 Å². The van der Waals surface area contributed by atoms with Gasteiger partial charge in [0.2, 0.25) is 0 Å². The average Bonchev–Trinajstić information content (AvgIpc) is 2.84. The van der Waals surface area contributed by atoms with Crippen molar-refractivity contribution in [3.05, 3.63) is 94.8 Å². The minimum Gasteiger partial charge on any atom is -0.485 e. The number of anilines is 1. The number of nitrogens with one attached hydrogen (secondary N) is 1. The van der Waals surface area contributed by atoms with Gasteiger partial charge in [-0.05, 0) is 74.2 Å². The molecule has 0 saturated heterocycles. The van der Waals surface area contributed by atoms with E-state index in [1.54, 1.807) is 12.1 Å². The second-order valence-corrected chi connectivity index (χ2v) is 9.74. The predicted octanol–water partition coefficient (Wildman–Crippen LogP) is 7.36. The Hall–Kier alpha value is -2.89. The van der Waals surface area contributed by atoms with Gasteiger partial charge in [0.05, 0.1) is 6.61 Å². The van der Waals surface area contributed by atoms with Crippen LogP contribution in [0.2, 0.25) is 0 Å². The Morgan fingerprint density at radius 2 is 1.77 bits per heavy atom. The smallest absolute Gasteiger partial charge is 0.132 e. The Kier molecular flexibility index (Phi) is 8.09. The maximum absolute atomic E-state index is 13.3. The van der Waals surface area contributed by atoms with Crippen LogP contribution >= 0.6 is 0 Å². The van der Waals surface area contributed by atoms with Crippen molar-refractivity contribution >= 4 is 5.69 Å². The number of unbranched alkanes of at least 4 members (excludes halogenated alkanes) is 1. The summed E-state index contributed by atoms with van der Waals surface area (Å²) in [5.74, 6) is 0.565. The van der Waals surface area contributed by atoms with Gasteiger partial charge in [-0.1, -0.05) is 49.7 Å². The molecule has 2 atom stereocenters. The fourth-order valence-electron chi connectivity index (χ4n) is 4.44. The molecule has 2 unspecified atom stereocenters. The number of rotatable bonds is 10. The largest absolute Gasteiger partial charge is 0.485 e. The summed E-state index contributed by atoms with van der Waals surface area (Å²) in [7, 11) is 0. The minimum atomic E-state index is -0.597. The zero-order valence-corrected chi connectivity index (χ0v) is 21.1. The number of fused-ring (bicyclic) bond motifs is 1. The van der Waals surface area contributed by atoms with Crippen molar-refractivity contribution in [1.82, 2.24) is 0 Å². The predicted molar refractivity (Wildman–Crippen MR) is 138 cm³/mol. The molecular formula is C30H36FNO3. The van der Waals surface area contributed by atoms with Gasteiger partial charge in [0.25, 0.3) is 0 Å². The summed E-state index contributed by atoms with van der Waals surface area (Å²) in [5.41, 5.74) is 4.84. The first-order valence-corrected chi connectivity index (χ1v) is 12.5. The molecule has 5 heteroatoms. The molecule has 4 rings (SSSR count). The van der Waals surface area contributed by atoms with Crippen LogP contribution < -0.4 is 10.1 Å². The van der Waals surface area contributed by atoms with Crippen LogP contribution in [0.15, 0.2) is 66.7 Å². The summed E-state index contributed by atoms with van der Waals surface area (Å²) < 4.78 is 32.6. The van der Waals surface area contributed by atoms with Crippen LogP contribution in [-0.2, 0) is 22.6 Å². The standard InChI is InChI=1S/C30H36FNO3/c1-5-6-17-33-28-26-18-25(32-19-23-10-8-7-9-21(23)2)15-16-27(26)35-30(3,4)29(28)34-20-22-11-13-24(31)14-12-22/h7-16,18,28-29,32H,5-6,17,19-20H2,1-4H3. The van der Waals surface area contributed by atoms with Crippen molar-refractivity contribution < 1.29 is 18.6 Å². The van der Waals surface area contributed by atoms with Crippen molar-refractivity contribution in [1.29, 1.82) is 0 Å². The molecule has 0 amide bonds. The van der Waals surface area contributed by atoms with Crippen molar-refractivity contribution in [2.45, 2.75) is 71.5 Å². The summed E-state index contributed by atoms with van der Waals surface area (Å²) in [6.07, 6.45) is 1.42. The lowest BCUT2D eigenvalue weighted by Crippen LogP contribution is -2.51. The highest BCUT2D eigenvalue weighted by molar-refractivity contribution is 5.54. The molecule has 1 aliphatic heterocycles. The fraction of sp³-hybridized carbons (Fsp3) is 0.400. The Balaban J connectivity index is 1.58. The highest BCUT2D eigenvalue weighted by Crippen LogP contribution is 2.44. The number of halogens is 1. The highest BCUT2D eigenvalue weighted by atomic mass is 19.1. The van der Waals surface area contributed by atoms with Gasteiger partial charge in [0.15, 0.2) is 0 Å². The topological polar surface area (TPSA) is 39.7 Å². The number of aryl methyl sites for hydroxylation is 1. The highest BCUT2D eigenvalue weighted by Gasteiger charge is 2.45. The number of benzene rings is 3. The molecule has 0 bridgehead atoms. The Bertz CT molecular complexity index is 1110. The first-order valence-electron chi connectivity index (χ1n) is 12.5. The first kappa shape index (κ1) is 25.2. The lowest BCUT2D eigenvalue weighted by atomic mass is 9.87. The third kappa shape index (κ3) is 6.22. The molecule has 0 aliphatic carbocycles. The molecule has 1 N–H and O–H groups in total. The Morgan fingerprint density at radius 3 is 2.51 bits per heavy atom. The molecule has 0 aromatic heterocycles. The summed E-state index contributed by atoms with van der Waals surface area (Å²) in [5, 5.41) is 3.55. The lowest BCUT2D eigenvalue weighted by Gasteiger charge is -2.44. The zero-order valence-electron chi connectivity index (χ0n) is 21.1. The van der Waals surface area contributed by atoms with E-state index in [4.69, 9.17) is 14.2 Å². The van der Waals surface area contributed by atoms with Crippen LogP contribution in [0.4, 0.5) is 10.1 Å². The van der Waals surface area contributed by atoms with Crippen LogP contribution in [-0.4, -0.2) is 18.3 Å². The molecule has 1 aliphatic rings. The van der Waals surface area contributed by atoms with Crippen molar-refractivity contribution in [3.63, 3.8) is 0 Å². The Morgan fingerprint density at radius 1 is 1.00 bits per heavy atom. The van der Waals surface area contributed by atoms with E-state index in [9.17, 15) is 4.39 Å². The van der Waals surface area contributed by atoms with Crippen LogP contribution in [0.25, 0.3) is 0 Å². The molecule has 186 valence electrons. The maximum Gasteiger partial charge on any atom is 0.132 e. The summed E-state index contributed by atoms with van der Waals surface area (Å²) in [6, 6.07) is 21.0. The van der Waals surface area contributed by atoms with Crippen molar-refractivity contribution in [2.75, 3.05) is 11.9 Å². The molecule has 3 aromatic carbocycles. The molecule has 0 saturated carbocycles. The molecule has 3 aromatic rings. The zero-order chi connectivity index (χ0) is 24.8. The van der Waals surface area contributed by atoms with Crippen molar-refractivity contribution in [3.8, 4) is 5.75 Å². The van der Waals surface area contributed by atoms with E-state index in [-0.39, 0.29) is 18.0 Å². The van der Waals surface area contributed by atoms with Gasteiger partial charge in [-0.15, -0.1) is 0 Å². The molecule has 35 heavy (non-hydrogen) atoms. The summed E-state index contributed by atoms with van der Waals surface area (Å²) >= 11 is 0. The van der Waals surface area contributed by atoms with E-state index in [0.29, 0.717) is 13.2 Å². The molecular weight excluding hydrogens is 441 g/mol. The summed E-state index contributed by atoms with van der Waals surface area (Å²) in [4.78, 5) is 0. The van der Waals surface area contributed by atoms with E-state index >= 15 is 0 Å². The SMILES string of the molecule is CCCCOC1c2cc(NCc3ccccc3C)ccc2OC(C)(C)C1OCc1ccc(F)cc1. The van der Waals surface area contributed by atoms with Crippen LogP contribution in [0.1, 0.15) is 62.0 Å². The van der Waals surface area contributed by atoms with Gasteiger partial charge in [-0.2, -0.15) is 0 Å². The van der Waals surface area contributed by atoms with Gasteiger partial charge < -0.3 is 19.5 Å².